The van der Waals surface area contributed by atoms with Crippen molar-refractivity contribution in [2.45, 2.75) is 45.3 Å². The number of alkyl carbamates (subject to hydrolysis) is 1. The summed E-state index contributed by atoms with van der Waals surface area (Å²) < 4.78 is 6.64. The highest BCUT2D eigenvalue weighted by Gasteiger charge is 2.13. The van der Waals surface area contributed by atoms with Crippen LogP contribution in [0.5, 0.6) is 0 Å². The number of anilines is 1. The van der Waals surface area contributed by atoms with Crippen LogP contribution in [0.25, 0.3) is 11.0 Å². The van der Waals surface area contributed by atoms with Crippen molar-refractivity contribution < 1.29 is 9.53 Å². The SMILES string of the molecule is CCCNc1nc(SCCC)nc2c1cnn2CCNC(=O)OCC. The highest BCUT2D eigenvalue weighted by Crippen LogP contribution is 2.24. The average Bonchev–Trinajstić information content (AvgIpc) is 3.01. The molecule has 1 amide bonds. The molecule has 0 saturated heterocycles. The molecule has 0 fully saturated rings. The lowest BCUT2D eigenvalue weighted by atomic mass is 10.3. The number of amides is 1. The number of thioether (sulfide) groups is 1. The molecule has 2 aromatic heterocycles. The Morgan fingerprint density at radius 3 is 2.80 bits per heavy atom. The van der Waals surface area contributed by atoms with E-state index in [1.807, 2.05) is 0 Å². The number of ether oxygens (including phenoxy) is 1. The van der Waals surface area contributed by atoms with Crippen molar-refractivity contribution >= 4 is 34.7 Å². The van der Waals surface area contributed by atoms with E-state index in [1.54, 1.807) is 29.6 Å². The first-order valence-electron chi connectivity index (χ1n) is 8.70. The number of hydrogen-bond donors (Lipinski definition) is 2. The Kier molecular flexibility index (Phi) is 7.77. The summed E-state index contributed by atoms with van der Waals surface area (Å²) in [6.07, 6.45) is 3.43. The maximum atomic E-state index is 11.4. The van der Waals surface area contributed by atoms with E-state index in [0.717, 1.165) is 47.1 Å². The van der Waals surface area contributed by atoms with Gasteiger partial charge in [-0.05, 0) is 19.8 Å². The van der Waals surface area contributed by atoms with E-state index in [9.17, 15) is 4.79 Å². The zero-order chi connectivity index (χ0) is 18.1. The molecule has 25 heavy (non-hydrogen) atoms. The number of nitrogens with zero attached hydrogens (tertiary/aromatic N) is 4. The third-order valence-corrected chi connectivity index (χ3v) is 4.37. The Bertz CT molecular complexity index is 691. The van der Waals surface area contributed by atoms with Crippen LogP contribution in [0.2, 0.25) is 0 Å². The first-order valence-corrected chi connectivity index (χ1v) is 9.68. The first-order chi connectivity index (χ1) is 12.2. The molecule has 2 heterocycles. The fourth-order valence-corrected chi connectivity index (χ4v) is 2.87. The highest BCUT2D eigenvalue weighted by atomic mass is 32.2. The van der Waals surface area contributed by atoms with E-state index in [2.05, 4.69) is 39.5 Å². The van der Waals surface area contributed by atoms with Gasteiger partial charge >= 0.3 is 6.09 Å². The molecule has 0 atom stereocenters. The predicted molar refractivity (Wildman–Crippen MR) is 100 cm³/mol. The van der Waals surface area contributed by atoms with Crippen molar-refractivity contribution in [1.82, 2.24) is 25.1 Å². The normalized spacial score (nSPS) is 10.8. The summed E-state index contributed by atoms with van der Waals surface area (Å²) in [6, 6.07) is 0. The Morgan fingerprint density at radius 1 is 1.24 bits per heavy atom. The third kappa shape index (κ3) is 5.48. The molecular weight excluding hydrogens is 340 g/mol. The standard InChI is InChI=1S/C16H26N6O2S/c1-4-7-17-13-12-11-19-22(9-8-18-16(23)24-6-3)14(12)21-15(20-13)25-10-5-2/h11H,4-10H2,1-3H3,(H,18,23)(H,17,20,21). The van der Waals surface area contributed by atoms with Crippen LogP contribution in [0.3, 0.4) is 0 Å². The van der Waals surface area contributed by atoms with Gasteiger partial charge in [0.1, 0.15) is 5.82 Å². The predicted octanol–water partition coefficient (Wildman–Crippen LogP) is 2.90. The number of rotatable bonds is 10. The summed E-state index contributed by atoms with van der Waals surface area (Å²) >= 11 is 1.64. The quantitative estimate of drug-likeness (QED) is 0.493. The zero-order valence-corrected chi connectivity index (χ0v) is 15.9. The lowest BCUT2D eigenvalue weighted by molar-refractivity contribution is 0.152. The Labute approximate surface area is 152 Å². The monoisotopic (exact) mass is 366 g/mol. The van der Waals surface area contributed by atoms with Crippen LogP contribution in [-0.2, 0) is 11.3 Å². The fourth-order valence-electron chi connectivity index (χ4n) is 2.18. The lowest BCUT2D eigenvalue weighted by Gasteiger charge is -2.09. The largest absolute Gasteiger partial charge is 0.450 e. The van der Waals surface area contributed by atoms with Gasteiger partial charge in [0.2, 0.25) is 0 Å². The summed E-state index contributed by atoms with van der Waals surface area (Å²) in [4.78, 5) is 20.6. The summed E-state index contributed by atoms with van der Waals surface area (Å²) in [5, 5.41) is 12.1. The molecule has 2 aromatic rings. The van der Waals surface area contributed by atoms with Crippen LogP contribution < -0.4 is 10.6 Å². The van der Waals surface area contributed by atoms with Gasteiger partial charge in [0.15, 0.2) is 10.8 Å². The molecule has 9 heteroatoms. The molecule has 0 spiro atoms. The molecule has 0 bridgehead atoms. The van der Waals surface area contributed by atoms with E-state index in [1.165, 1.54) is 0 Å². The average molecular weight is 366 g/mol. The molecule has 0 aliphatic heterocycles. The van der Waals surface area contributed by atoms with Crippen molar-refractivity contribution in [3.8, 4) is 0 Å². The molecule has 0 aliphatic carbocycles. The van der Waals surface area contributed by atoms with E-state index < -0.39 is 6.09 Å². The van der Waals surface area contributed by atoms with E-state index >= 15 is 0 Å². The zero-order valence-electron chi connectivity index (χ0n) is 15.0. The van der Waals surface area contributed by atoms with Crippen LogP contribution in [-0.4, -0.2) is 51.3 Å². The molecule has 0 unspecified atom stereocenters. The van der Waals surface area contributed by atoms with Crippen molar-refractivity contribution in [1.29, 1.82) is 0 Å². The molecule has 2 N–H and O–H groups in total. The van der Waals surface area contributed by atoms with Gasteiger partial charge in [-0.15, -0.1) is 0 Å². The Morgan fingerprint density at radius 2 is 2.08 bits per heavy atom. The third-order valence-electron chi connectivity index (χ3n) is 3.32. The van der Waals surface area contributed by atoms with Crippen molar-refractivity contribution in [2.75, 3.05) is 30.8 Å². The van der Waals surface area contributed by atoms with Crippen LogP contribution in [0.15, 0.2) is 11.4 Å². The second-order valence-electron chi connectivity index (χ2n) is 5.38. The highest BCUT2D eigenvalue weighted by molar-refractivity contribution is 7.99. The second kappa shape index (κ2) is 10.1. The summed E-state index contributed by atoms with van der Waals surface area (Å²) in [5.41, 5.74) is 0.776. The lowest BCUT2D eigenvalue weighted by Crippen LogP contribution is -2.28. The summed E-state index contributed by atoms with van der Waals surface area (Å²) in [6.45, 7) is 8.17. The molecule has 0 aromatic carbocycles. The number of hydrogen-bond acceptors (Lipinski definition) is 7. The summed E-state index contributed by atoms with van der Waals surface area (Å²) in [7, 11) is 0. The fraction of sp³-hybridized carbons (Fsp3) is 0.625. The minimum absolute atomic E-state index is 0.355. The van der Waals surface area contributed by atoms with Gasteiger partial charge < -0.3 is 15.4 Å². The van der Waals surface area contributed by atoms with Gasteiger partial charge in [0.05, 0.1) is 24.7 Å². The maximum Gasteiger partial charge on any atom is 0.407 e. The number of aromatic nitrogens is 4. The van der Waals surface area contributed by atoms with Gasteiger partial charge in [-0.25, -0.2) is 19.4 Å². The topological polar surface area (TPSA) is 94.0 Å². The molecule has 138 valence electrons. The van der Waals surface area contributed by atoms with Gasteiger partial charge in [-0.3, -0.25) is 0 Å². The minimum atomic E-state index is -0.418. The molecular formula is C16H26N6O2S. The van der Waals surface area contributed by atoms with Gasteiger partial charge in [-0.1, -0.05) is 25.6 Å². The summed E-state index contributed by atoms with van der Waals surface area (Å²) in [5.74, 6) is 1.78. The van der Waals surface area contributed by atoms with E-state index in [4.69, 9.17) is 4.74 Å². The smallest absolute Gasteiger partial charge is 0.407 e. The number of carbonyl (C=O) groups is 1. The first kappa shape index (κ1) is 19.3. The van der Waals surface area contributed by atoms with Gasteiger partial charge in [-0.2, -0.15) is 5.10 Å². The van der Waals surface area contributed by atoms with Crippen LogP contribution in [0.1, 0.15) is 33.6 Å². The maximum absolute atomic E-state index is 11.4. The molecule has 0 aliphatic rings. The van der Waals surface area contributed by atoms with Crippen LogP contribution >= 0.6 is 11.8 Å². The van der Waals surface area contributed by atoms with Crippen LogP contribution in [0.4, 0.5) is 10.6 Å². The van der Waals surface area contributed by atoms with Gasteiger partial charge in [0.25, 0.3) is 0 Å². The number of carbonyl (C=O) groups excluding carboxylic acids is 1. The molecule has 2 rings (SSSR count). The van der Waals surface area contributed by atoms with Crippen molar-refractivity contribution in [2.24, 2.45) is 0 Å². The van der Waals surface area contributed by atoms with Gasteiger partial charge in [0, 0.05) is 18.8 Å². The molecule has 8 nitrogen and oxygen atoms in total. The molecule has 0 saturated carbocycles. The minimum Gasteiger partial charge on any atom is -0.450 e. The second-order valence-corrected chi connectivity index (χ2v) is 6.44. The Balaban J connectivity index is 2.18. The van der Waals surface area contributed by atoms with Crippen molar-refractivity contribution in [3.05, 3.63) is 6.20 Å². The number of nitrogens with one attached hydrogen (secondary N) is 2. The van der Waals surface area contributed by atoms with Crippen molar-refractivity contribution in [3.63, 3.8) is 0 Å². The van der Waals surface area contributed by atoms with E-state index in [-0.39, 0.29) is 0 Å². The number of fused-ring (bicyclic) bond motifs is 1. The molecule has 0 radical (unpaired) electrons. The Hall–Kier alpha value is -2.03. The van der Waals surface area contributed by atoms with Crippen LogP contribution in [0, 0.1) is 0 Å². The van der Waals surface area contributed by atoms with E-state index in [0.29, 0.717) is 19.7 Å².